The van der Waals surface area contributed by atoms with Crippen LogP contribution in [0.15, 0.2) is 0 Å². The van der Waals surface area contributed by atoms with Crippen LogP contribution in [0.4, 0.5) is 0 Å². The topological polar surface area (TPSA) is 39.9 Å². The minimum atomic E-state index is -0.0545. The predicted molar refractivity (Wildman–Crippen MR) is 67.4 cm³/mol. The second-order valence-electron chi connectivity index (χ2n) is 5.69. The van der Waals surface area contributed by atoms with E-state index >= 15 is 0 Å². The SMILES string of the molecule is COC1CCCC1n1c(Cl)nnc1C(C)(C)C. The summed E-state index contributed by atoms with van der Waals surface area (Å²) < 4.78 is 7.59. The molecule has 2 atom stereocenters. The molecular formula is C12H20ClN3O. The van der Waals surface area contributed by atoms with E-state index in [9.17, 15) is 0 Å². The van der Waals surface area contributed by atoms with Crippen LogP contribution < -0.4 is 0 Å². The van der Waals surface area contributed by atoms with Crippen LogP contribution in [0.1, 0.15) is 51.9 Å². The first kappa shape index (κ1) is 12.8. The lowest BCUT2D eigenvalue weighted by Gasteiger charge is -2.26. The minimum absolute atomic E-state index is 0.0545. The van der Waals surface area contributed by atoms with Gasteiger partial charge in [0.2, 0.25) is 5.28 Å². The lowest BCUT2D eigenvalue weighted by Crippen LogP contribution is -2.27. The highest BCUT2D eigenvalue weighted by molar-refractivity contribution is 6.28. The zero-order valence-corrected chi connectivity index (χ0v) is 11.7. The Bertz CT molecular complexity index is 397. The van der Waals surface area contributed by atoms with Crippen LogP contribution in [0.5, 0.6) is 0 Å². The Labute approximate surface area is 107 Å². The molecule has 0 bridgehead atoms. The molecule has 1 fully saturated rings. The molecule has 5 heteroatoms. The van der Waals surface area contributed by atoms with Gasteiger partial charge in [-0.25, -0.2) is 0 Å². The van der Waals surface area contributed by atoms with Crippen molar-refractivity contribution >= 4 is 11.6 Å². The van der Waals surface area contributed by atoms with Crippen molar-refractivity contribution in [3.05, 3.63) is 11.1 Å². The molecule has 2 rings (SSSR count). The van der Waals surface area contributed by atoms with Gasteiger partial charge < -0.3 is 4.74 Å². The number of hydrogen-bond donors (Lipinski definition) is 0. The number of halogens is 1. The Hall–Kier alpha value is -0.610. The molecule has 2 unspecified atom stereocenters. The fraction of sp³-hybridized carbons (Fsp3) is 0.833. The maximum atomic E-state index is 6.19. The second kappa shape index (κ2) is 4.58. The normalized spacial score (nSPS) is 25.5. The molecule has 0 N–H and O–H groups in total. The summed E-state index contributed by atoms with van der Waals surface area (Å²) in [4.78, 5) is 0. The number of nitrogens with zero attached hydrogens (tertiary/aromatic N) is 3. The summed E-state index contributed by atoms with van der Waals surface area (Å²) in [5.74, 6) is 0.941. The fourth-order valence-corrected chi connectivity index (χ4v) is 2.80. The third-order valence-corrected chi connectivity index (χ3v) is 3.63. The van der Waals surface area contributed by atoms with Crippen LogP contribution in [-0.2, 0) is 10.2 Å². The lowest BCUT2D eigenvalue weighted by molar-refractivity contribution is 0.0731. The Morgan fingerprint density at radius 3 is 2.59 bits per heavy atom. The molecule has 96 valence electrons. The van der Waals surface area contributed by atoms with Crippen molar-refractivity contribution in [3.8, 4) is 0 Å². The molecule has 1 aromatic rings. The Balaban J connectivity index is 2.40. The number of rotatable bonds is 2. The van der Waals surface area contributed by atoms with E-state index in [0.29, 0.717) is 5.28 Å². The standard InChI is InChI=1S/C12H20ClN3O/c1-12(2,3)10-14-15-11(13)16(10)8-6-5-7-9(8)17-4/h8-9H,5-7H2,1-4H3. The molecule has 17 heavy (non-hydrogen) atoms. The zero-order valence-electron chi connectivity index (χ0n) is 10.9. The van der Waals surface area contributed by atoms with E-state index in [1.807, 2.05) is 0 Å². The van der Waals surface area contributed by atoms with Crippen LogP contribution in [-0.4, -0.2) is 28.0 Å². The fourth-order valence-electron chi connectivity index (χ4n) is 2.55. The first-order valence-corrected chi connectivity index (χ1v) is 6.46. The van der Waals surface area contributed by atoms with Gasteiger partial charge in [-0.05, 0) is 30.9 Å². The average molecular weight is 258 g/mol. The van der Waals surface area contributed by atoms with Gasteiger partial charge in [-0.3, -0.25) is 4.57 Å². The van der Waals surface area contributed by atoms with Gasteiger partial charge >= 0.3 is 0 Å². The first-order valence-electron chi connectivity index (χ1n) is 6.09. The summed E-state index contributed by atoms with van der Waals surface area (Å²) in [5.41, 5.74) is -0.0545. The van der Waals surface area contributed by atoms with Crippen LogP contribution in [0.25, 0.3) is 0 Å². The van der Waals surface area contributed by atoms with Gasteiger partial charge in [-0.1, -0.05) is 20.8 Å². The minimum Gasteiger partial charge on any atom is -0.379 e. The molecule has 0 radical (unpaired) electrons. The number of aromatic nitrogens is 3. The maximum Gasteiger partial charge on any atom is 0.225 e. The first-order chi connectivity index (χ1) is 7.95. The van der Waals surface area contributed by atoms with Gasteiger partial charge in [0, 0.05) is 12.5 Å². The summed E-state index contributed by atoms with van der Waals surface area (Å²) in [5, 5.41) is 8.72. The Morgan fingerprint density at radius 2 is 2.00 bits per heavy atom. The monoisotopic (exact) mass is 257 g/mol. The second-order valence-corrected chi connectivity index (χ2v) is 6.02. The van der Waals surface area contributed by atoms with Crippen molar-refractivity contribution < 1.29 is 4.74 Å². The van der Waals surface area contributed by atoms with E-state index in [1.165, 1.54) is 6.42 Å². The van der Waals surface area contributed by atoms with Crippen LogP contribution in [0.2, 0.25) is 5.28 Å². The summed E-state index contributed by atoms with van der Waals surface area (Å²) in [6.45, 7) is 6.38. The smallest absolute Gasteiger partial charge is 0.225 e. The summed E-state index contributed by atoms with van der Waals surface area (Å²) >= 11 is 6.19. The molecule has 1 saturated carbocycles. The summed E-state index contributed by atoms with van der Waals surface area (Å²) in [6, 6.07) is 0.275. The Morgan fingerprint density at radius 1 is 1.29 bits per heavy atom. The number of hydrogen-bond acceptors (Lipinski definition) is 3. The third kappa shape index (κ3) is 2.33. The van der Waals surface area contributed by atoms with E-state index in [0.717, 1.165) is 18.7 Å². The van der Waals surface area contributed by atoms with Crippen LogP contribution in [0.3, 0.4) is 0 Å². The highest BCUT2D eigenvalue weighted by Gasteiger charge is 2.34. The quantitative estimate of drug-likeness (QED) is 0.818. The molecule has 0 saturated heterocycles. The molecule has 1 heterocycles. The lowest BCUT2D eigenvalue weighted by atomic mass is 9.95. The van der Waals surface area contributed by atoms with Gasteiger partial charge in [0.05, 0.1) is 12.1 Å². The summed E-state index contributed by atoms with van der Waals surface area (Å²) in [7, 11) is 1.76. The number of methoxy groups -OCH3 is 1. The van der Waals surface area contributed by atoms with Crippen molar-refractivity contribution in [2.24, 2.45) is 0 Å². The van der Waals surface area contributed by atoms with Gasteiger partial charge in [-0.15, -0.1) is 10.2 Å². The van der Waals surface area contributed by atoms with Crippen molar-refractivity contribution in [3.63, 3.8) is 0 Å². The molecule has 1 aromatic heterocycles. The van der Waals surface area contributed by atoms with E-state index in [4.69, 9.17) is 16.3 Å². The van der Waals surface area contributed by atoms with E-state index in [2.05, 4.69) is 35.5 Å². The highest BCUT2D eigenvalue weighted by atomic mass is 35.5. The van der Waals surface area contributed by atoms with Gasteiger partial charge in [0.1, 0.15) is 5.82 Å². The van der Waals surface area contributed by atoms with Crippen molar-refractivity contribution in [1.82, 2.24) is 14.8 Å². The van der Waals surface area contributed by atoms with Gasteiger partial charge in [0.25, 0.3) is 0 Å². The van der Waals surface area contributed by atoms with E-state index in [1.54, 1.807) is 7.11 Å². The predicted octanol–water partition coefficient (Wildman–Crippen LogP) is 2.97. The van der Waals surface area contributed by atoms with E-state index < -0.39 is 0 Å². The van der Waals surface area contributed by atoms with Crippen LogP contribution in [0, 0.1) is 0 Å². The molecular weight excluding hydrogens is 238 g/mol. The zero-order chi connectivity index (χ0) is 12.6. The molecule has 0 amide bonds. The van der Waals surface area contributed by atoms with Crippen molar-refractivity contribution in [1.29, 1.82) is 0 Å². The van der Waals surface area contributed by atoms with Crippen molar-refractivity contribution in [2.75, 3.05) is 7.11 Å². The molecule has 0 aliphatic heterocycles. The highest BCUT2D eigenvalue weighted by Crippen LogP contribution is 2.37. The Kier molecular flexibility index (Phi) is 3.46. The largest absolute Gasteiger partial charge is 0.379 e. The van der Waals surface area contributed by atoms with Gasteiger partial charge in [0.15, 0.2) is 0 Å². The van der Waals surface area contributed by atoms with Crippen LogP contribution >= 0.6 is 11.6 Å². The average Bonchev–Trinajstić information content (AvgIpc) is 2.81. The number of ether oxygens (including phenoxy) is 1. The maximum absolute atomic E-state index is 6.19. The molecule has 0 spiro atoms. The molecule has 4 nitrogen and oxygen atoms in total. The molecule has 0 aromatic carbocycles. The molecule has 1 aliphatic rings. The summed E-state index contributed by atoms with van der Waals surface area (Å²) in [6.07, 6.45) is 3.56. The molecule has 1 aliphatic carbocycles. The van der Waals surface area contributed by atoms with Gasteiger partial charge in [-0.2, -0.15) is 0 Å². The third-order valence-electron chi connectivity index (χ3n) is 3.38. The van der Waals surface area contributed by atoms with E-state index in [-0.39, 0.29) is 17.6 Å². The van der Waals surface area contributed by atoms with Crippen molar-refractivity contribution in [2.45, 2.75) is 57.6 Å².